The Kier molecular flexibility index (Phi) is 8.48. The number of unbranched alkanes of at least 4 members (excludes halogenated alkanes) is 4. The van der Waals surface area contributed by atoms with E-state index in [1.54, 1.807) is 6.07 Å². The van der Waals surface area contributed by atoms with Crippen LogP contribution in [0.25, 0.3) is 22.4 Å². The average Bonchev–Trinajstić information content (AvgIpc) is 2.79. The number of halogens is 4. The SMILES string of the molecule is CCCCCCCc1cc2ccc(/C(F)=C(\F)c3ccc(CCC)c(F)c3)c(F)c2c(=O)o1. The smallest absolute Gasteiger partial charge is 0.346 e. The minimum Gasteiger partial charge on any atom is -0.427 e. The number of benzene rings is 2. The van der Waals surface area contributed by atoms with E-state index < -0.39 is 39.9 Å². The Balaban J connectivity index is 1.92. The topological polar surface area (TPSA) is 30.2 Å². The highest BCUT2D eigenvalue weighted by Crippen LogP contribution is 2.33. The number of hydrogen-bond donors (Lipinski definition) is 0. The maximum Gasteiger partial charge on any atom is 0.346 e. The standard InChI is InChI=1S/C27H28F4O2/c1-3-5-6-7-8-10-20-15-18-13-14-21(25(30)23(18)27(32)33-20)26(31)24(29)19-12-11-17(9-4-2)22(28)16-19/h11-16H,3-10H2,1-2H3/b26-24+. The van der Waals surface area contributed by atoms with Gasteiger partial charge in [-0.15, -0.1) is 0 Å². The van der Waals surface area contributed by atoms with Gasteiger partial charge in [-0.1, -0.05) is 64.2 Å². The van der Waals surface area contributed by atoms with Gasteiger partial charge >= 0.3 is 5.63 Å². The highest BCUT2D eigenvalue weighted by molar-refractivity contribution is 5.90. The fourth-order valence-electron chi connectivity index (χ4n) is 3.89. The van der Waals surface area contributed by atoms with Crippen molar-refractivity contribution in [3.8, 4) is 0 Å². The first kappa shape index (κ1) is 24.7. The summed E-state index contributed by atoms with van der Waals surface area (Å²) in [5.74, 6) is -4.33. The molecule has 0 aliphatic carbocycles. The molecule has 0 amide bonds. The van der Waals surface area contributed by atoms with E-state index in [0.717, 1.165) is 44.2 Å². The van der Waals surface area contributed by atoms with Gasteiger partial charge in [-0.25, -0.2) is 22.4 Å². The van der Waals surface area contributed by atoms with Crippen LogP contribution in [0.1, 0.15) is 74.8 Å². The second-order valence-electron chi connectivity index (χ2n) is 8.24. The Bertz CT molecular complexity index is 1210. The van der Waals surface area contributed by atoms with E-state index in [9.17, 15) is 18.0 Å². The molecule has 0 spiro atoms. The van der Waals surface area contributed by atoms with Gasteiger partial charge in [-0.05, 0) is 42.0 Å². The normalized spacial score (nSPS) is 12.3. The summed E-state index contributed by atoms with van der Waals surface area (Å²) >= 11 is 0. The Morgan fingerprint density at radius 1 is 0.848 bits per heavy atom. The molecular formula is C27H28F4O2. The van der Waals surface area contributed by atoms with Crippen LogP contribution in [-0.4, -0.2) is 0 Å². The molecule has 0 bridgehead atoms. The van der Waals surface area contributed by atoms with Crippen LogP contribution < -0.4 is 5.63 Å². The van der Waals surface area contributed by atoms with Gasteiger partial charge in [0.25, 0.3) is 0 Å². The molecule has 0 atom stereocenters. The van der Waals surface area contributed by atoms with E-state index in [1.807, 2.05) is 6.92 Å². The van der Waals surface area contributed by atoms with E-state index in [4.69, 9.17) is 4.42 Å². The summed E-state index contributed by atoms with van der Waals surface area (Å²) in [6.45, 7) is 4.00. The number of fused-ring (bicyclic) bond motifs is 1. The highest BCUT2D eigenvalue weighted by atomic mass is 19.2. The highest BCUT2D eigenvalue weighted by Gasteiger charge is 2.20. The Hall–Kier alpha value is -2.89. The largest absolute Gasteiger partial charge is 0.427 e. The predicted octanol–water partition coefficient (Wildman–Crippen LogP) is 8.30. The maximum atomic E-state index is 15.0. The van der Waals surface area contributed by atoms with E-state index in [-0.39, 0.29) is 10.9 Å². The lowest BCUT2D eigenvalue weighted by atomic mass is 10.0. The molecule has 0 radical (unpaired) electrons. The summed E-state index contributed by atoms with van der Waals surface area (Å²) < 4.78 is 64.1. The summed E-state index contributed by atoms with van der Waals surface area (Å²) in [4.78, 5) is 12.4. The Morgan fingerprint density at radius 3 is 2.30 bits per heavy atom. The molecular weight excluding hydrogens is 432 g/mol. The molecule has 0 N–H and O–H groups in total. The summed E-state index contributed by atoms with van der Waals surface area (Å²) in [7, 11) is 0. The fourth-order valence-corrected chi connectivity index (χ4v) is 3.89. The van der Waals surface area contributed by atoms with Crippen LogP contribution in [0.15, 0.2) is 45.6 Å². The molecule has 3 aromatic rings. The van der Waals surface area contributed by atoms with Gasteiger partial charge in [-0.2, -0.15) is 0 Å². The second-order valence-corrected chi connectivity index (χ2v) is 8.24. The van der Waals surface area contributed by atoms with Crippen molar-refractivity contribution in [1.82, 2.24) is 0 Å². The second kappa shape index (κ2) is 11.3. The van der Waals surface area contributed by atoms with Crippen molar-refractivity contribution in [1.29, 1.82) is 0 Å². The van der Waals surface area contributed by atoms with Gasteiger partial charge in [0, 0.05) is 12.0 Å². The minimum atomic E-state index is -1.50. The van der Waals surface area contributed by atoms with Crippen LogP contribution in [0.2, 0.25) is 0 Å². The molecule has 33 heavy (non-hydrogen) atoms. The fraction of sp³-hybridized carbons (Fsp3) is 0.370. The lowest BCUT2D eigenvalue weighted by Gasteiger charge is -2.08. The monoisotopic (exact) mass is 460 g/mol. The molecule has 0 saturated heterocycles. The molecule has 1 heterocycles. The third kappa shape index (κ3) is 5.73. The average molecular weight is 461 g/mol. The molecule has 2 nitrogen and oxygen atoms in total. The van der Waals surface area contributed by atoms with Gasteiger partial charge in [0.2, 0.25) is 0 Å². The van der Waals surface area contributed by atoms with E-state index in [0.29, 0.717) is 30.6 Å². The van der Waals surface area contributed by atoms with Crippen molar-refractivity contribution < 1.29 is 22.0 Å². The summed E-state index contributed by atoms with van der Waals surface area (Å²) in [5.41, 5.74) is -1.59. The maximum absolute atomic E-state index is 15.0. The van der Waals surface area contributed by atoms with Crippen molar-refractivity contribution in [2.24, 2.45) is 0 Å². The van der Waals surface area contributed by atoms with E-state index >= 15 is 4.39 Å². The Morgan fingerprint density at radius 2 is 1.61 bits per heavy atom. The molecule has 0 saturated carbocycles. The van der Waals surface area contributed by atoms with Crippen molar-refractivity contribution in [2.45, 2.75) is 65.2 Å². The third-order valence-corrected chi connectivity index (χ3v) is 5.70. The molecule has 1 aromatic heterocycles. The van der Waals surface area contributed by atoms with Crippen LogP contribution in [0.3, 0.4) is 0 Å². The zero-order chi connectivity index (χ0) is 24.0. The van der Waals surface area contributed by atoms with Crippen molar-refractivity contribution >= 4 is 22.4 Å². The molecule has 0 aliphatic rings. The first-order chi connectivity index (χ1) is 15.9. The third-order valence-electron chi connectivity index (χ3n) is 5.70. The van der Waals surface area contributed by atoms with E-state index in [2.05, 4.69) is 6.92 Å². The summed E-state index contributed by atoms with van der Waals surface area (Å²) in [5, 5.41) is -0.172. The van der Waals surface area contributed by atoms with Crippen LogP contribution in [0, 0.1) is 11.6 Å². The lowest BCUT2D eigenvalue weighted by molar-refractivity contribution is 0.453. The zero-order valence-electron chi connectivity index (χ0n) is 18.9. The first-order valence-electron chi connectivity index (χ1n) is 11.5. The lowest BCUT2D eigenvalue weighted by Crippen LogP contribution is -2.06. The molecule has 2 aromatic carbocycles. The van der Waals surface area contributed by atoms with E-state index in [1.165, 1.54) is 18.2 Å². The predicted molar refractivity (Wildman–Crippen MR) is 124 cm³/mol. The van der Waals surface area contributed by atoms with Gasteiger partial charge < -0.3 is 4.42 Å². The van der Waals surface area contributed by atoms with Crippen LogP contribution in [0.5, 0.6) is 0 Å². The van der Waals surface area contributed by atoms with Gasteiger partial charge in [0.15, 0.2) is 11.7 Å². The van der Waals surface area contributed by atoms with Crippen LogP contribution >= 0.6 is 0 Å². The molecule has 0 unspecified atom stereocenters. The van der Waals surface area contributed by atoms with Crippen molar-refractivity contribution in [3.05, 3.63) is 80.9 Å². The number of aryl methyl sites for hydroxylation is 2. The Labute approximate surface area is 190 Å². The zero-order valence-corrected chi connectivity index (χ0v) is 18.9. The van der Waals surface area contributed by atoms with Crippen molar-refractivity contribution in [2.75, 3.05) is 0 Å². The number of rotatable bonds is 10. The summed E-state index contributed by atoms with van der Waals surface area (Å²) in [6, 6.07) is 7.53. The van der Waals surface area contributed by atoms with Crippen LogP contribution in [-0.2, 0) is 12.8 Å². The summed E-state index contributed by atoms with van der Waals surface area (Å²) in [6.07, 6.45) is 6.90. The molecule has 0 fully saturated rings. The minimum absolute atomic E-state index is 0.263. The van der Waals surface area contributed by atoms with Gasteiger partial charge in [0.05, 0.1) is 5.56 Å². The first-order valence-corrected chi connectivity index (χ1v) is 11.5. The molecule has 176 valence electrons. The number of hydrogen-bond acceptors (Lipinski definition) is 2. The quantitative estimate of drug-likeness (QED) is 0.173. The molecule has 6 heteroatoms. The van der Waals surface area contributed by atoms with Gasteiger partial charge in [-0.3, -0.25) is 0 Å². The molecule has 3 rings (SSSR count). The van der Waals surface area contributed by atoms with Crippen LogP contribution in [0.4, 0.5) is 17.6 Å². The molecule has 0 aliphatic heterocycles. The van der Waals surface area contributed by atoms with Gasteiger partial charge in [0.1, 0.15) is 22.8 Å². The van der Waals surface area contributed by atoms with Crippen molar-refractivity contribution in [3.63, 3.8) is 0 Å².